The zero-order valence-electron chi connectivity index (χ0n) is 5.80. The molecule has 6 nitrogen and oxygen atoms in total. The van der Waals surface area contributed by atoms with Gasteiger partial charge in [-0.05, 0) is 0 Å². The fourth-order valence-electron chi connectivity index (χ4n) is 0.915. The van der Waals surface area contributed by atoms with Gasteiger partial charge in [0, 0.05) is 0 Å². The molecule has 0 aliphatic carbocycles. The molecule has 0 aromatic carbocycles. The lowest BCUT2D eigenvalue weighted by Gasteiger charge is -1.95. The maximum atomic E-state index is 9.17. The quantitative estimate of drug-likeness (QED) is 0.589. The molecule has 0 unspecified atom stereocenters. The molecule has 0 saturated carbocycles. The first-order chi connectivity index (χ1) is 5.33. The number of aromatic nitrogens is 4. The number of hydrogen-bond donors (Lipinski definition) is 1. The summed E-state index contributed by atoms with van der Waals surface area (Å²) in [5.74, 6) is -0.000602. The number of rotatable bonds is 1. The Kier molecular flexibility index (Phi) is 1.03. The molecule has 11 heavy (non-hydrogen) atoms. The van der Waals surface area contributed by atoms with E-state index in [4.69, 9.17) is 4.84 Å². The van der Waals surface area contributed by atoms with Gasteiger partial charge in [-0.2, -0.15) is 9.25 Å². The molecule has 0 atom stereocenters. The Balaban J connectivity index is 2.80. The highest BCUT2D eigenvalue weighted by molar-refractivity contribution is 5.38. The molecule has 0 spiro atoms. The van der Waals surface area contributed by atoms with E-state index in [1.54, 1.807) is 0 Å². The van der Waals surface area contributed by atoms with E-state index < -0.39 is 0 Å². The minimum Gasteiger partial charge on any atom is -0.492 e. The van der Waals surface area contributed by atoms with E-state index in [1.807, 2.05) is 0 Å². The van der Waals surface area contributed by atoms with Crippen molar-refractivity contribution in [2.75, 3.05) is 7.11 Å². The Labute approximate surface area is 61.6 Å². The van der Waals surface area contributed by atoms with Gasteiger partial charge < -0.3 is 9.94 Å². The van der Waals surface area contributed by atoms with Crippen LogP contribution in [0.3, 0.4) is 0 Å². The summed E-state index contributed by atoms with van der Waals surface area (Å²) >= 11 is 0. The molecule has 2 heterocycles. The van der Waals surface area contributed by atoms with E-state index >= 15 is 0 Å². The van der Waals surface area contributed by atoms with E-state index in [0.717, 1.165) is 0 Å². The van der Waals surface area contributed by atoms with E-state index in [-0.39, 0.29) is 5.88 Å². The zero-order chi connectivity index (χ0) is 7.84. The average Bonchev–Trinajstić information content (AvgIpc) is 2.54. The maximum Gasteiger partial charge on any atom is 0.236 e. The fourth-order valence-corrected chi connectivity index (χ4v) is 0.915. The molecule has 0 amide bonds. The molecule has 2 rings (SSSR count). The van der Waals surface area contributed by atoms with Crippen LogP contribution in [0.1, 0.15) is 0 Å². The van der Waals surface area contributed by atoms with Crippen molar-refractivity contribution in [1.29, 1.82) is 0 Å². The molecule has 6 heteroatoms. The lowest BCUT2D eigenvalue weighted by atomic mass is 10.8. The van der Waals surface area contributed by atoms with E-state index in [9.17, 15) is 5.11 Å². The highest BCUT2D eigenvalue weighted by atomic mass is 16.6. The Bertz CT molecular complexity index is 377. The normalized spacial score (nSPS) is 10.6. The van der Waals surface area contributed by atoms with Crippen LogP contribution in [0.5, 0.6) is 5.88 Å². The minimum absolute atomic E-state index is 0.000602. The summed E-state index contributed by atoms with van der Waals surface area (Å²) in [7, 11) is 1.49. The van der Waals surface area contributed by atoms with Gasteiger partial charge in [0.2, 0.25) is 5.88 Å². The van der Waals surface area contributed by atoms with E-state index in [0.29, 0.717) is 5.65 Å². The zero-order valence-corrected chi connectivity index (χ0v) is 5.80. The summed E-state index contributed by atoms with van der Waals surface area (Å²) in [6.45, 7) is 0. The van der Waals surface area contributed by atoms with Crippen LogP contribution in [0.25, 0.3) is 5.65 Å². The van der Waals surface area contributed by atoms with Gasteiger partial charge in [0.25, 0.3) is 0 Å². The van der Waals surface area contributed by atoms with Crippen LogP contribution in [-0.4, -0.2) is 31.8 Å². The summed E-state index contributed by atoms with van der Waals surface area (Å²) in [5.41, 5.74) is 0.588. The van der Waals surface area contributed by atoms with Gasteiger partial charge in [0.15, 0.2) is 5.65 Å². The Hall–Kier alpha value is -1.72. The van der Waals surface area contributed by atoms with Crippen molar-refractivity contribution in [1.82, 2.24) is 19.6 Å². The molecule has 58 valence electrons. The Morgan fingerprint density at radius 3 is 3.18 bits per heavy atom. The Morgan fingerprint density at radius 2 is 2.45 bits per heavy atom. The van der Waals surface area contributed by atoms with Crippen LogP contribution in [0.2, 0.25) is 0 Å². The highest BCUT2D eigenvalue weighted by Gasteiger charge is 2.07. The first-order valence-corrected chi connectivity index (χ1v) is 2.98. The summed E-state index contributed by atoms with van der Waals surface area (Å²) in [4.78, 5) is 4.86. The van der Waals surface area contributed by atoms with Crippen molar-refractivity contribution in [2.24, 2.45) is 0 Å². The van der Waals surface area contributed by atoms with Crippen LogP contribution in [0, 0.1) is 0 Å². The van der Waals surface area contributed by atoms with E-state index in [2.05, 4.69) is 10.3 Å². The first-order valence-electron chi connectivity index (χ1n) is 2.98. The summed E-state index contributed by atoms with van der Waals surface area (Å²) in [5, 5.41) is 16.4. The summed E-state index contributed by atoms with van der Waals surface area (Å²) in [6, 6.07) is 0. The van der Waals surface area contributed by atoms with Crippen molar-refractivity contribution < 1.29 is 9.94 Å². The van der Waals surface area contributed by atoms with Crippen LogP contribution >= 0.6 is 0 Å². The molecule has 2 aromatic heterocycles. The molecule has 0 aliphatic rings. The third kappa shape index (κ3) is 0.658. The summed E-state index contributed by atoms with van der Waals surface area (Å²) in [6.07, 6.45) is 2.90. The smallest absolute Gasteiger partial charge is 0.236 e. The highest BCUT2D eigenvalue weighted by Crippen LogP contribution is 2.11. The van der Waals surface area contributed by atoms with Crippen LogP contribution in [-0.2, 0) is 0 Å². The standard InChI is InChI=1S/C5H6N4O2/c1-11-8-3-5(10)9-4(8)2-6-7-9/h2-3,10H,1H3. The predicted octanol–water partition coefficient (Wildman–Crippen LogP) is -0.705. The molecule has 1 N–H and O–H groups in total. The number of imidazole rings is 1. The lowest BCUT2D eigenvalue weighted by Crippen LogP contribution is -2.02. The minimum atomic E-state index is -0.000602. The van der Waals surface area contributed by atoms with Crippen LogP contribution < -0.4 is 4.84 Å². The summed E-state index contributed by atoms with van der Waals surface area (Å²) < 4.78 is 2.64. The second-order valence-electron chi connectivity index (χ2n) is 2.00. The second-order valence-corrected chi connectivity index (χ2v) is 2.00. The number of fused-ring (bicyclic) bond motifs is 1. The molecular weight excluding hydrogens is 148 g/mol. The van der Waals surface area contributed by atoms with Gasteiger partial charge in [-0.25, -0.2) is 0 Å². The molecule has 0 bridgehead atoms. The van der Waals surface area contributed by atoms with Crippen molar-refractivity contribution in [2.45, 2.75) is 0 Å². The number of nitrogens with zero attached hydrogens (tertiary/aromatic N) is 4. The molecule has 0 saturated heterocycles. The molecule has 0 fully saturated rings. The third-order valence-corrected chi connectivity index (χ3v) is 1.40. The monoisotopic (exact) mass is 154 g/mol. The molecule has 2 aromatic rings. The van der Waals surface area contributed by atoms with Gasteiger partial charge in [-0.3, -0.25) is 0 Å². The average molecular weight is 154 g/mol. The lowest BCUT2D eigenvalue weighted by molar-refractivity contribution is 0.177. The van der Waals surface area contributed by atoms with E-state index in [1.165, 1.54) is 28.7 Å². The SMILES string of the molecule is COn1cc(O)n2nncc12. The van der Waals surface area contributed by atoms with Gasteiger partial charge >= 0.3 is 0 Å². The maximum absolute atomic E-state index is 9.17. The predicted molar refractivity (Wildman–Crippen MR) is 35.1 cm³/mol. The number of hydrogen-bond acceptors (Lipinski definition) is 4. The van der Waals surface area contributed by atoms with Crippen molar-refractivity contribution in [3.05, 3.63) is 12.4 Å². The van der Waals surface area contributed by atoms with Gasteiger partial charge in [0.05, 0.1) is 6.20 Å². The van der Waals surface area contributed by atoms with Gasteiger partial charge in [-0.15, -0.1) is 5.10 Å². The van der Waals surface area contributed by atoms with Gasteiger partial charge in [-0.1, -0.05) is 5.21 Å². The molecule has 0 radical (unpaired) electrons. The van der Waals surface area contributed by atoms with Crippen molar-refractivity contribution >= 4 is 5.65 Å². The van der Waals surface area contributed by atoms with Crippen LogP contribution in [0.4, 0.5) is 0 Å². The largest absolute Gasteiger partial charge is 0.492 e. The van der Waals surface area contributed by atoms with Crippen LogP contribution in [0.15, 0.2) is 12.4 Å². The first kappa shape index (κ1) is 6.02. The second kappa shape index (κ2) is 1.88. The number of aromatic hydroxyl groups is 1. The topological polar surface area (TPSA) is 64.6 Å². The fraction of sp³-hybridized carbons (Fsp3) is 0.200. The molecule has 0 aliphatic heterocycles. The third-order valence-electron chi connectivity index (χ3n) is 1.40. The van der Waals surface area contributed by atoms with Crippen molar-refractivity contribution in [3.8, 4) is 5.88 Å². The molecular formula is C5H6N4O2. The Morgan fingerprint density at radius 1 is 1.64 bits per heavy atom. The van der Waals surface area contributed by atoms with Crippen molar-refractivity contribution in [3.63, 3.8) is 0 Å². The van der Waals surface area contributed by atoms with Gasteiger partial charge in [0.1, 0.15) is 13.3 Å².